The summed E-state index contributed by atoms with van der Waals surface area (Å²) in [5, 5.41) is 0.618. The van der Waals surface area contributed by atoms with Crippen molar-refractivity contribution in [1.82, 2.24) is 4.72 Å². The Kier molecular flexibility index (Phi) is 5.25. The molecule has 0 heterocycles. The fourth-order valence-corrected chi connectivity index (χ4v) is 4.44. The predicted molar refractivity (Wildman–Crippen MR) is 87.3 cm³/mol. The molecule has 0 fully saturated rings. The molecule has 20 heavy (non-hydrogen) atoms. The third kappa shape index (κ3) is 4.05. The Bertz CT molecular complexity index is 718. The highest BCUT2D eigenvalue weighted by molar-refractivity contribution is 9.11. The molecule has 7 heteroatoms. The topological polar surface area (TPSA) is 46.2 Å². The Morgan fingerprint density at radius 2 is 1.70 bits per heavy atom. The summed E-state index contributed by atoms with van der Waals surface area (Å²) in [5.41, 5.74) is 0.839. The van der Waals surface area contributed by atoms with Crippen molar-refractivity contribution in [2.24, 2.45) is 0 Å². The molecule has 0 atom stereocenters. The van der Waals surface area contributed by atoms with Crippen molar-refractivity contribution in [3.63, 3.8) is 0 Å². The molecule has 0 aromatic heterocycles. The molecule has 0 aliphatic carbocycles. The van der Waals surface area contributed by atoms with Crippen molar-refractivity contribution in [3.8, 4) is 0 Å². The zero-order valence-corrected chi connectivity index (χ0v) is 14.9. The number of sulfonamides is 1. The molecule has 2 aromatic carbocycles. The van der Waals surface area contributed by atoms with E-state index in [2.05, 4.69) is 36.6 Å². The Balaban J connectivity index is 2.17. The van der Waals surface area contributed by atoms with Gasteiger partial charge in [0.1, 0.15) is 0 Å². The predicted octanol–water partition coefficient (Wildman–Crippen LogP) is 4.34. The second kappa shape index (κ2) is 6.58. The van der Waals surface area contributed by atoms with Crippen LogP contribution in [0.25, 0.3) is 0 Å². The summed E-state index contributed by atoms with van der Waals surface area (Å²) < 4.78 is 28.3. The van der Waals surface area contributed by atoms with Gasteiger partial charge < -0.3 is 0 Å². The van der Waals surface area contributed by atoms with Crippen molar-refractivity contribution in [1.29, 1.82) is 0 Å². The van der Waals surface area contributed by atoms with Crippen LogP contribution in [-0.4, -0.2) is 8.42 Å². The first-order chi connectivity index (χ1) is 9.38. The number of hydrogen-bond acceptors (Lipinski definition) is 2. The van der Waals surface area contributed by atoms with E-state index < -0.39 is 10.0 Å². The van der Waals surface area contributed by atoms with Crippen LogP contribution in [0.3, 0.4) is 0 Å². The molecule has 0 aliphatic heterocycles. The lowest BCUT2D eigenvalue weighted by molar-refractivity contribution is 0.581. The molecule has 0 saturated carbocycles. The van der Waals surface area contributed by atoms with Crippen molar-refractivity contribution in [2.75, 3.05) is 0 Å². The molecule has 0 amide bonds. The Hall–Kier alpha value is -0.400. The minimum Gasteiger partial charge on any atom is -0.207 e. The van der Waals surface area contributed by atoms with Gasteiger partial charge in [-0.3, -0.25) is 0 Å². The first-order valence-corrected chi connectivity index (χ1v) is 9.02. The Labute approximate surface area is 139 Å². The van der Waals surface area contributed by atoms with E-state index in [1.54, 1.807) is 42.5 Å². The van der Waals surface area contributed by atoms with Crippen molar-refractivity contribution in [3.05, 3.63) is 62.0 Å². The highest BCUT2D eigenvalue weighted by Gasteiger charge is 2.17. The van der Waals surface area contributed by atoms with E-state index in [9.17, 15) is 8.42 Å². The molecular formula is C13H10Br2ClNO2S. The lowest BCUT2D eigenvalue weighted by Gasteiger charge is -2.09. The van der Waals surface area contributed by atoms with Crippen LogP contribution in [0.15, 0.2) is 56.3 Å². The number of rotatable bonds is 4. The average molecular weight is 440 g/mol. The van der Waals surface area contributed by atoms with Gasteiger partial charge in [0.2, 0.25) is 10.0 Å². The SMILES string of the molecule is O=S(=O)(NCc1ccc(Cl)cc1)c1ccc(Br)cc1Br. The molecule has 2 rings (SSSR count). The van der Waals surface area contributed by atoms with Crippen LogP contribution in [0, 0.1) is 0 Å². The van der Waals surface area contributed by atoms with Gasteiger partial charge in [-0.25, -0.2) is 13.1 Å². The molecule has 0 aliphatic rings. The first-order valence-electron chi connectivity index (χ1n) is 5.58. The molecule has 0 radical (unpaired) electrons. The summed E-state index contributed by atoms with van der Waals surface area (Å²) in [6.45, 7) is 0.210. The zero-order chi connectivity index (χ0) is 14.8. The molecule has 0 spiro atoms. The van der Waals surface area contributed by atoms with Gasteiger partial charge in [0, 0.05) is 20.5 Å². The smallest absolute Gasteiger partial charge is 0.207 e. The fraction of sp³-hybridized carbons (Fsp3) is 0.0769. The van der Waals surface area contributed by atoms with E-state index in [1.165, 1.54) is 0 Å². The summed E-state index contributed by atoms with van der Waals surface area (Å²) >= 11 is 12.3. The standard InChI is InChI=1S/C13H10Br2ClNO2S/c14-10-3-6-13(12(15)7-10)20(18,19)17-8-9-1-4-11(16)5-2-9/h1-7,17H,8H2. The highest BCUT2D eigenvalue weighted by atomic mass is 79.9. The molecule has 106 valence electrons. The van der Waals surface area contributed by atoms with Gasteiger partial charge >= 0.3 is 0 Å². The second-order valence-corrected chi connectivity index (χ2v) is 7.97. The van der Waals surface area contributed by atoms with Gasteiger partial charge in [0.25, 0.3) is 0 Å². The van der Waals surface area contributed by atoms with Crippen LogP contribution < -0.4 is 4.72 Å². The summed E-state index contributed by atoms with van der Waals surface area (Å²) in [6.07, 6.45) is 0. The molecule has 0 unspecified atom stereocenters. The third-order valence-electron chi connectivity index (χ3n) is 2.56. The third-order valence-corrected chi connectivity index (χ3v) is 5.69. The fourth-order valence-electron chi connectivity index (χ4n) is 1.55. The zero-order valence-electron chi connectivity index (χ0n) is 10.1. The molecule has 0 saturated heterocycles. The average Bonchev–Trinajstić information content (AvgIpc) is 2.37. The van der Waals surface area contributed by atoms with Gasteiger partial charge in [-0.2, -0.15) is 0 Å². The van der Waals surface area contributed by atoms with Crippen LogP contribution in [-0.2, 0) is 16.6 Å². The molecule has 1 N–H and O–H groups in total. The summed E-state index contributed by atoms with van der Waals surface area (Å²) in [5.74, 6) is 0. The molecular weight excluding hydrogens is 429 g/mol. The normalized spacial score (nSPS) is 11.6. The number of nitrogens with one attached hydrogen (secondary N) is 1. The van der Waals surface area contributed by atoms with Crippen LogP contribution >= 0.6 is 43.5 Å². The maximum absolute atomic E-state index is 12.2. The lowest BCUT2D eigenvalue weighted by atomic mass is 10.2. The first kappa shape index (κ1) is 16.0. The van der Waals surface area contributed by atoms with Gasteiger partial charge in [-0.15, -0.1) is 0 Å². The van der Waals surface area contributed by atoms with E-state index in [4.69, 9.17) is 11.6 Å². The van der Waals surface area contributed by atoms with Gasteiger partial charge in [0.05, 0.1) is 4.90 Å². The van der Waals surface area contributed by atoms with Crippen molar-refractivity contribution >= 4 is 53.5 Å². The van der Waals surface area contributed by atoms with E-state index >= 15 is 0 Å². The minimum absolute atomic E-state index is 0.203. The highest BCUT2D eigenvalue weighted by Crippen LogP contribution is 2.25. The monoisotopic (exact) mass is 437 g/mol. The van der Waals surface area contributed by atoms with Gasteiger partial charge in [-0.05, 0) is 51.8 Å². The second-order valence-electron chi connectivity index (χ2n) is 4.03. The molecule has 0 bridgehead atoms. The van der Waals surface area contributed by atoms with E-state index in [1.807, 2.05) is 0 Å². The molecule has 3 nitrogen and oxygen atoms in total. The largest absolute Gasteiger partial charge is 0.241 e. The van der Waals surface area contributed by atoms with Crippen LogP contribution in [0.4, 0.5) is 0 Å². The molecule has 2 aromatic rings. The van der Waals surface area contributed by atoms with E-state index in [-0.39, 0.29) is 11.4 Å². The lowest BCUT2D eigenvalue weighted by Crippen LogP contribution is -2.23. The minimum atomic E-state index is -3.57. The summed E-state index contributed by atoms with van der Waals surface area (Å²) in [7, 11) is -3.57. The summed E-state index contributed by atoms with van der Waals surface area (Å²) in [6, 6.07) is 11.9. The van der Waals surface area contributed by atoms with E-state index in [0.717, 1.165) is 10.0 Å². The van der Waals surface area contributed by atoms with Crippen molar-refractivity contribution < 1.29 is 8.42 Å². The Morgan fingerprint density at radius 1 is 1.05 bits per heavy atom. The maximum Gasteiger partial charge on any atom is 0.241 e. The Morgan fingerprint density at radius 3 is 2.30 bits per heavy atom. The van der Waals surface area contributed by atoms with Crippen molar-refractivity contribution in [2.45, 2.75) is 11.4 Å². The number of halogens is 3. The van der Waals surface area contributed by atoms with Gasteiger partial charge in [-0.1, -0.05) is 39.7 Å². The van der Waals surface area contributed by atoms with Gasteiger partial charge in [0.15, 0.2) is 0 Å². The maximum atomic E-state index is 12.2. The quantitative estimate of drug-likeness (QED) is 0.770. The summed E-state index contributed by atoms with van der Waals surface area (Å²) in [4.78, 5) is 0.203. The van der Waals surface area contributed by atoms with Crippen LogP contribution in [0.1, 0.15) is 5.56 Å². The van der Waals surface area contributed by atoms with Crippen LogP contribution in [0.5, 0.6) is 0 Å². The van der Waals surface area contributed by atoms with E-state index in [0.29, 0.717) is 9.50 Å². The van der Waals surface area contributed by atoms with Crippen LogP contribution in [0.2, 0.25) is 5.02 Å². The number of hydrogen-bond donors (Lipinski definition) is 1. The number of benzene rings is 2.